The standard InChI is InChI=1S/C17H21N3O.HI/c1-21-16-12-6-5-11-15(16)20-17(18)19-13-7-10-14-8-3-2-4-9-14;/h2-6,8-9,11-12H,7,10,13H2,1H3,(H3,18,19,20);1H. The first kappa shape index (κ1) is 18.3. The number of aliphatic imine (C=N–C) groups is 1. The number of anilines is 1. The van der Waals surface area contributed by atoms with Crippen molar-refractivity contribution in [3.05, 3.63) is 60.2 Å². The van der Waals surface area contributed by atoms with Crippen LogP contribution in [0, 0.1) is 0 Å². The molecular weight excluding hydrogens is 389 g/mol. The summed E-state index contributed by atoms with van der Waals surface area (Å²) in [6.07, 6.45) is 1.98. The Morgan fingerprint density at radius 2 is 1.77 bits per heavy atom. The monoisotopic (exact) mass is 411 g/mol. The van der Waals surface area contributed by atoms with Gasteiger partial charge in [-0.3, -0.25) is 4.99 Å². The molecule has 2 rings (SSSR count). The van der Waals surface area contributed by atoms with Crippen molar-refractivity contribution in [3.63, 3.8) is 0 Å². The molecule has 0 aromatic heterocycles. The molecular formula is C17H22IN3O. The molecule has 0 aliphatic carbocycles. The molecule has 3 N–H and O–H groups in total. The Balaban J connectivity index is 0.00000242. The fourth-order valence-electron chi connectivity index (χ4n) is 2.05. The second-order valence-electron chi connectivity index (χ2n) is 4.68. The minimum absolute atomic E-state index is 0. The lowest BCUT2D eigenvalue weighted by atomic mass is 10.1. The molecule has 0 bridgehead atoms. The summed E-state index contributed by atoms with van der Waals surface area (Å²) >= 11 is 0. The van der Waals surface area contributed by atoms with Crippen molar-refractivity contribution in [2.24, 2.45) is 10.7 Å². The number of methoxy groups -OCH3 is 1. The van der Waals surface area contributed by atoms with E-state index in [1.165, 1.54) is 5.56 Å². The number of nitrogens with two attached hydrogens (primary N) is 1. The highest BCUT2D eigenvalue weighted by atomic mass is 127. The lowest BCUT2D eigenvalue weighted by Crippen LogP contribution is -2.23. The highest BCUT2D eigenvalue weighted by Gasteiger charge is 2.01. The Bertz CT molecular complexity index is 587. The number of rotatable bonds is 6. The van der Waals surface area contributed by atoms with Crippen LogP contribution in [0.25, 0.3) is 0 Å². The highest BCUT2D eigenvalue weighted by molar-refractivity contribution is 14.0. The second kappa shape index (κ2) is 10.0. The fraction of sp³-hybridized carbons (Fsp3) is 0.235. The van der Waals surface area contributed by atoms with Crippen LogP contribution in [0.15, 0.2) is 59.6 Å². The molecule has 118 valence electrons. The van der Waals surface area contributed by atoms with E-state index in [-0.39, 0.29) is 24.0 Å². The van der Waals surface area contributed by atoms with E-state index in [0.717, 1.165) is 24.3 Å². The van der Waals surface area contributed by atoms with E-state index in [1.54, 1.807) is 7.11 Å². The smallest absolute Gasteiger partial charge is 0.193 e. The minimum atomic E-state index is 0. The normalized spacial score (nSPS) is 10.7. The Labute approximate surface area is 148 Å². The van der Waals surface area contributed by atoms with Gasteiger partial charge in [0.2, 0.25) is 0 Å². The van der Waals surface area contributed by atoms with Crippen LogP contribution in [-0.4, -0.2) is 19.6 Å². The number of halogens is 1. The van der Waals surface area contributed by atoms with Gasteiger partial charge in [-0.05, 0) is 30.5 Å². The van der Waals surface area contributed by atoms with Crippen molar-refractivity contribution in [1.29, 1.82) is 0 Å². The van der Waals surface area contributed by atoms with Crippen molar-refractivity contribution in [1.82, 2.24) is 0 Å². The van der Waals surface area contributed by atoms with Gasteiger partial charge in [-0.2, -0.15) is 0 Å². The van der Waals surface area contributed by atoms with Gasteiger partial charge >= 0.3 is 0 Å². The number of hydrogen-bond donors (Lipinski definition) is 2. The van der Waals surface area contributed by atoms with Gasteiger partial charge < -0.3 is 15.8 Å². The molecule has 0 heterocycles. The summed E-state index contributed by atoms with van der Waals surface area (Å²) in [6, 6.07) is 18.0. The molecule has 2 aromatic rings. The Morgan fingerprint density at radius 1 is 1.09 bits per heavy atom. The van der Waals surface area contributed by atoms with Gasteiger partial charge in [0.25, 0.3) is 0 Å². The van der Waals surface area contributed by atoms with E-state index in [4.69, 9.17) is 10.5 Å². The first-order valence-electron chi connectivity index (χ1n) is 7.03. The summed E-state index contributed by atoms with van der Waals surface area (Å²) in [5.74, 6) is 1.16. The quantitative estimate of drug-likeness (QED) is 0.330. The van der Waals surface area contributed by atoms with Crippen LogP contribution in [0.3, 0.4) is 0 Å². The molecule has 0 saturated heterocycles. The van der Waals surface area contributed by atoms with Crippen LogP contribution in [-0.2, 0) is 6.42 Å². The molecule has 5 heteroatoms. The summed E-state index contributed by atoms with van der Waals surface area (Å²) in [4.78, 5) is 4.34. The number of aryl methyl sites for hydroxylation is 1. The van der Waals surface area contributed by atoms with E-state index < -0.39 is 0 Å². The Morgan fingerprint density at radius 3 is 2.50 bits per heavy atom. The Kier molecular flexibility index (Phi) is 8.35. The van der Waals surface area contributed by atoms with Gasteiger partial charge in [-0.15, -0.1) is 24.0 Å². The van der Waals surface area contributed by atoms with E-state index in [2.05, 4.69) is 34.6 Å². The van der Waals surface area contributed by atoms with Crippen molar-refractivity contribution < 1.29 is 4.74 Å². The zero-order chi connectivity index (χ0) is 14.9. The van der Waals surface area contributed by atoms with Crippen molar-refractivity contribution >= 4 is 35.6 Å². The third-order valence-electron chi connectivity index (χ3n) is 3.12. The maximum Gasteiger partial charge on any atom is 0.193 e. The van der Waals surface area contributed by atoms with Crippen LogP contribution in [0.4, 0.5) is 5.69 Å². The molecule has 0 amide bonds. The number of ether oxygens (including phenoxy) is 1. The number of guanidine groups is 1. The largest absolute Gasteiger partial charge is 0.495 e. The molecule has 0 saturated carbocycles. The average Bonchev–Trinajstić information content (AvgIpc) is 2.53. The van der Waals surface area contributed by atoms with Crippen molar-refractivity contribution in [3.8, 4) is 5.75 Å². The number of nitrogens with one attached hydrogen (secondary N) is 1. The van der Waals surface area contributed by atoms with E-state index in [0.29, 0.717) is 12.5 Å². The second-order valence-corrected chi connectivity index (χ2v) is 4.68. The number of nitrogens with zero attached hydrogens (tertiary/aromatic N) is 1. The zero-order valence-electron chi connectivity index (χ0n) is 12.7. The molecule has 0 aliphatic rings. The molecule has 0 fully saturated rings. The molecule has 0 unspecified atom stereocenters. The van der Waals surface area contributed by atoms with E-state index in [9.17, 15) is 0 Å². The third kappa shape index (κ3) is 5.93. The first-order chi connectivity index (χ1) is 10.3. The molecule has 0 atom stereocenters. The molecule has 22 heavy (non-hydrogen) atoms. The fourth-order valence-corrected chi connectivity index (χ4v) is 2.05. The predicted octanol–water partition coefficient (Wildman–Crippen LogP) is 3.67. The minimum Gasteiger partial charge on any atom is -0.495 e. The Hall–Kier alpha value is -1.76. The summed E-state index contributed by atoms with van der Waals surface area (Å²) in [5.41, 5.74) is 8.04. The predicted molar refractivity (Wildman–Crippen MR) is 103 cm³/mol. The van der Waals surface area contributed by atoms with Crippen LogP contribution in [0.5, 0.6) is 5.75 Å². The van der Waals surface area contributed by atoms with Gasteiger partial charge in [-0.25, -0.2) is 0 Å². The number of hydrogen-bond acceptors (Lipinski definition) is 2. The first-order valence-corrected chi connectivity index (χ1v) is 7.03. The number of para-hydroxylation sites is 2. The average molecular weight is 411 g/mol. The summed E-state index contributed by atoms with van der Waals surface area (Å²) in [7, 11) is 1.63. The SMILES string of the molecule is COc1ccccc1NC(N)=NCCCc1ccccc1.I. The van der Waals surface area contributed by atoms with Gasteiger partial charge in [0.05, 0.1) is 12.8 Å². The molecule has 0 radical (unpaired) electrons. The summed E-state index contributed by atoms with van der Waals surface area (Å²) in [6.45, 7) is 0.697. The highest BCUT2D eigenvalue weighted by Crippen LogP contribution is 2.22. The lowest BCUT2D eigenvalue weighted by molar-refractivity contribution is 0.417. The lowest BCUT2D eigenvalue weighted by Gasteiger charge is -2.10. The molecule has 4 nitrogen and oxygen atoms in total. The molecule has 0 aliphatic heterocycles. The third-order valence-corrected chi connectivity index (χ3v) is 3.12. The van der Waals surface area contributed by atoms with Crippen LogP contribution in [0.2, 0.25) is 0 Å². The van der Waals surface area contributed by atoms with Gasteiger partial charge in [0.15, 0.2) is 5.96 Å². The zero-order valence-corrected chi connectivity index (χ0v) is 15.0. The van der Waals surface area contributed by atoms with Crippen LogP contribution in [0.1, 0.15) is 12.0 Å². The maximum absolute atomic E-state index is 5.89. The number of benzene rings is 2. The van der Waals surface area contributed by atoms with Crippen LogP contribution >= 0.6 is 24.0 Å². The molecule has 2 aromatic carbocycles. The topological polar surface area (TPSA) is 59.6 Å². The van der Waals surface area contributed by atoms with Crippen LogP contribution < -0.4 is 15.8 Å². The maximum atomic E-state index is 5.89. The van der Waals surface area contributed by atoms with Crippen molar-refractivity contribution in [2.45, 2.75) is 12.8 Å². The van der Waals surface area contributed by atoms with Gasteiger partial charge in [0, 0.05) is 6.54 Å². The van der Waals surface area contributed by atoms with Gasteiger partial charge in [0.1, 0.15) is 5.75 Å². The van der Waals surface area contributed by atoms with Gasteiger partial charge in [-0.1, -0.05) is 42.5 Å². The molecule has 0 spiro atoms. The van der Waals surface area contributed by atoms with Crippen molar-refractivity contribution in [2.75, 3.05) is 19.0 Å². The van der Waals surface area contributed by atoms with E-state index in [1.807, 2.05) is 30.3 Å². The van der Waals surface area contributed by atoms with E-state index >= 15 is 0 Å². The summed E-state index contributed by atoms with van der Waals surface area (Å²) < 4.78 is 5.26. The summed E-state index contributed by atoms with van der Waals surface area (Å²) in [5, 5.41) is 3.06.